The summed E-state index contributed by atoms with van der Waals surface area (Å²) >= 11 is 0. The third kappa shape index (κ3) is 3.52. The molecule has 126 valence electrons. The number of nitro benzene ring substituents is 1. The first-order chi connectivity index (χ1) is 11.7. The van der Waals surface area contributed by atoms with E-state index in [4.69, 9.17) is 4.74 Å². The molecule has 1 unspecified atom stereocenters. The lowest BCUT2D eigenvalue weighted by atomic mass is 10.0. The van der Waals surface area contributed by atoms with Gasteiger partial charge in [0.2, 0.25) is 0 Å². The molecule has 1 fully saturated rings. The van der Waals surface area contributed by atoms with E-state index < -0.39 is 4.92 Å². The van der Waals surface area contributed by atoms with Crippen molar-refractivity contribution in [3.63, 3.8) is 0 Å². The van der Waals surface area contributed by atoms with Crippen LogP contribution in [-0.2, 0) is 6.54 Å². The molecule has 3 rings (SSSR count). The van der Waals surface area contributed by atoms with Gasteiger partial charge in [-0.2, -0.15) is 0 Å². The monoisotopic (exact) mass is 328 g/mol. The van der Waals surface area contributed by atoms with E-state index in [1.165, 1.54) is 7.11 Å². The molecule has 0 aliphatic carbocycles. The first-order valence-electron chi connectivity index (χ1n) is 7.85. The Hall–Kier alpha value is -2.51. The third-order valence-electron chi connectivity index (χ3n) is 4.25. The molecule has 0 radical (unpaired) electrons. The summed E-state index contributed by atoms with van der Waals surface area (Å²) in [6.45, 7) is 3.25. The van der Waals surface area contributed by atoms with Crippen molar-refractivity contribution in [2.24, 2.45) is 0 Å². The Morgan fingerprint density at radius 2 is 2.33 bits per heavy atom. The van der Waals surface area contributed by atoms with E-state index in [2.05, 4.69) is 21.3 Å². The fourth-order valence-corrected chi connectivity index (χ4v) is 3.05. The molecule has 2 heterocycles. The summed E-state index contributed by atoms with van der Waals surface area (Å²) < 4.78 is 5.07. The number of hydrogen-bond acceptors (Lipinski definition) is 6. The van der Waals surface area contributed by atoms with E-state index in [0.29, 0.717) is 6.54 Å². The molecule has 2 aromatic rings. The van der Waals surface area contributed by atoms with Gasteiger partial charge in [0.05, 0.1) is 12.0 Å². The minimum Gasteiger partial charge on any atom is -0.490 e. The maximum atomic E-state index is 11.2. The summed E-state index contributed by atoms with van der Waals surface area (Å²) in [6, 6.07) is 9.34. The SMILES string of the molecule is COc1ccc(CN2CCNCC2c2cccnc2)cc1[N+](=O)[O-]. The van der Waals surface area contributed by atoms with E-state index in [0.717, 1.165) is 30.8 Å². The molecule has 0 spiro atoms. The predicted molar refractivity (Wildman–Crippen MR) is 89.9 cm³/mol. The Bertz CT molecular complexity index is 708. The van der Waals surface area contributed by atoms with Crippen LogP contribution in [0.15, 0.2) is 42.7 Å². The number of ether oxygens (including phenoxy) is 1. The number of piperazine rings is 1. The maximum absolute atomic E-state index is 11.2. The molecule has 24 heavy (non-hydrogen) atoms. The van der Waals surface area contributed by atoms with Crippen LogP contribution in [0.3, 0.4) is 0 Å². The van der Waals surface area contributed by atoms with Gasteiger partial charge < -0.3 is 10.1 Å². The van der Waals surface area contributed by atoms with Crippen LogP contribution in [0.25, 0.3) is 0 Å². The Balaban J connectivity index is 1.83. The van der Waals surface area contributed by atoms with Crippen molar-refractivity contribution < 1.29 is 9.66 Å². The van der Waals surface area contributed by atoms with Crippen molar-refractivity contribution in [1.29, 1.82) is 0 Å². The molecule has 0 amide bonds. The van der Waals surface area contributed by atoms with Crippen molar-refractivity contribution in [2.45, 2.75) is 12.6 Å². The minimum absolute atomic E-state index is 0.00284. The molecule has 1 N–H and O–H groups in total. The lowest BCUT2D eigenvalue weighted by molar-refractivity contribution is -0.385. The Labute approximate surface area is 140 Å². The molecule has 1 aliphatic rings. The number of pyridine rings is 1. The second-order valence-electron chi connectivity index (χ2n) is 5.74. The smallest absolute Gasteiger partial charge is 0.311 e. The molecular weight excluding hydrogens is 308 g/mol. The van der Waals surface area contributed by atoms with E-state index >= 15 is 0 Å². The summed E-state index contributed by atoms with van der Waals surface area (Å²) in [4.78, 5) is 17.3. The average molecular weight is 328 g/mol. The van der Waals surface area contributed by atoms with Gasteiger partial charge >= 0.3 is 5.69 Å². The van der Waals surface area contributed by atoms with Gasteiger partial charge in [-0.15, -0.1) is 0 Å². The standard InChI is InChI=1S/C17H20N4O3/c1-24-17-5-4-13(9-15(17)21(22)23)12-20-8-7-19-11-16(20)14-3-2-6-18-10-14/h2-6,9-10,16,19H,7-8,11-12H2,1H3. The Morgan fingerprint density at radius 3 is 3.04 bits per heavy atom. The highest BCUT2D eigenvalue weighted by molar-refractivity contribution is 5.48. The highest BCUT2D eigenvalue weighted by Gasteiger charge is 2.25. The topological polar surface area (TPSA) is 80.5 Å². The minimum atomic E-state index is -0.404. The van der Waals surface area contributed by atoms with Crippen molar-refractivity contribution in [2.75, 3.05) is 26.7 Å². The molecular formula is C17H20N4O3. The van der Waals surface area contributed by atoms with Gasteiger partial charge in [-0.3, -0.25) is 20.0 Å². The summed E-state index contributed by atoms with van der Waals surface area (Å²) in [5.74, 6) is 0.285. The molecule has 1 aromatic heterocycles. The van der Waals surface area contributed by atoms with Crippen molar-refractivity contribution in [3.8, 4) is 5.75 Å². The number of nitrogens with one attached hydrogen (secondary N) is 1. The molecule has 0 bridgehead atoms. The van der Waals surface area contributed by atoms with Gasteiger partial charge in [0, 0.05) is 50.7 Å². The summed E-state index contributed by atoms with van der Waals surface area (Å²) in [5.41, 5.74) is 2.05. The fourth-order valence-electron chi connectivity index (χ4n) is 3.05. The molecule has 1 aromatic carbocycles. The van der Waals surface area contributed by atoms with Crippen LogP contribution in [0.5, 0.6) is 5.75 Å². The number of hydrogen-bond donors (Lipinski definition) is 1. The third-order valence-corrected chi connectivity index (χ3v) is 4.25. The second-order valence-corrected chi connectivity index (χ2v) is 5.74. The molecule has 1 saturated heterocycles. The number of benzene rings is 1. The number of aromatic nitrogens is 1. The van der Waals surface area contributed by atoms with Crippen molar-refractivity contribution in [1.82, 2.24) is 15.2 Å². The molecule has 0 saturated carbocycles. The Kier molecular flexibility index (Phi) is 5.02. The summed E-state index contributed by atoms with van der Waals surface area (Å²) in [5, 5.41) is 14.6. The van der Waals surface area contributed by atoms with Crippen LogP contribution < -0.4 is 10.1 Å². The van der Waals surface area contributed by atoms with Crippen molar-refractivity contribution in [3.05, 3.63) is 64.0 Å². The largest absolute Gasteiger partial charge is 0.490 e. The average Bonchev–Trinajstić information content (AvgIpc) is 2.63. The molecule has 1 atom stereocenters. The highest BCUT2D eigenvalue weighted by atomic mass is 16.6. The van der Waals surface area contributed by atoms with Gasteiger partial charge in [0.15, 0.2) is 5.75 Å². The van der Waals surface area contributed by atoms with E-state index in [-0.39, 0.29) is 17.5 Å². The lowest BCUT2D eigenvalue weighted by Gasteiger charge is -2.36. The van der Waals surface area contributed by atoms with E-state index in [9.17, 15) is 10.1 Å². The van der Waals surface area contributed by atoms with E-state index in [1.807, 2.05) is 18.3 Å². The lowest BCUT2D eigenvalue weighted by Crippen LogP contribution is -2.45. The van der Waals surface area contributed by atoms with Gasteiger partial charge in [0.1, 0.15) is 0 Å². The zero-order valence-corrected chi connectivity index (χ0v) is 13.5. The molecule has 7 nitrogen and oxygen atoms in total. The highest BCUT2D eigenvalue weighted by Crippen LogP contribution is 2.30. The first kappa shape index (κ1) is 16.4. The predicted octanol–water partition coefficient (Wildman–Crippen LogP) is 2.14. The van der Waals surface area contributed by atoms with Crippen LogP contribution in [0.2, 0.25) is 0 Å². The van der Waals surface area contributed by atoms with Gasteiger partial charge in [-0.1, -0.05) is 12.1 Å². The zero-order chi connectivity index (χ0) is 16.9. The van der Waals surface area contributed by atoms with Crippen LogP contribution in [0.1, 0.15) is 17.2 Å². The zero-order valence-electron chi connectivity index (χ0n) is 13.5. The van der Waals surface area contributed by atoms with Crippen LogP contribution in [0.4, 0.5) is 5.69 Å². The number of methoxy groups -OCH3 is 1. The van der Waals surface area contributed by atoms with Crippen LogP contribution in [-0.4, -0.2) is 41.6 Å². The van der Waals surface area contributed by atoms with Crippen molar-refractivity contribution >= 4 is 5.69 Å². The summed E-state index contributed by atoms with van der Waals surface area (Å²) in [7, 11) is 1.44. The quantitative estimate of drug-likeness (QED) is 0.669. The normalized spacial score (nSPS) is 18.3. The number of rotatable bonds is 5. The van der Waals surface area contributed by atoms with Crippen LogP contribution in [0, 0.1) is 10.1 Å². The fraction of sp³-hybridized carbons (Fsp3) is 0.353. The number of nitro groups is 1. The van der Waals surface area contributed by atoms with Gasteiger partial charge in [-0.25, -0.2) is 0 Å². The number of nitrogens with zero attached hydrogens (tertiary/aromatic N) is 3. The van der Waals surface area contributed by atoms with E-state index in [1.54, 1.807) is 18.3 Å². The molecule has 1 aliphatic heterocycles. The molecule has 7 heteroatoms. The van der Waals surface area contributed by atoms with Crippen LogP contribution >= 0.6 is 0 Å². The maximum Gasteiger partial charge on any atom is 0.311 e. The first-order valence-corrected chi connectivity index (χ1v) is 7.85. The Morgan fingerprint density at radius 1 is 1.46 bits per heavy atom. The van der Waals surface area contributed by atoms with Gasteiger partial charge in [-0.05, 0) is 23.3 Å². The summed E-state index contributed by atoms with van der Waals surface area (Å²) in [6.07, 6.45) is 3.64. The second kappa shape index (κ2) is 7.37. The van der Waals surface area contributed by atoms with Gasteiger partial charge in [0.25, 0.3) is 0 Å².